The van der Waals surface area contributed by atoms with Gasteiger partial charge in [0.1, 0.15) is 17.4 Å². The monoisotopic (exact) mass is 519 g/mol. The van der Waals surface area contributed by atoms with Crippen molar-refractivity contribution in [2.45, 2.75) is 39.0 Å². The van der Waals surface area contributed by atoms with E-state index in [9.17, 15) is 14.4 Å². The van der Waals surface area contributed by atoms with Crippen molar-refractivity contribution in [2.24, 2.45) is 16.8 Å². The molecule has 8 nitrogen and oxygen atoms in total. The van der Waals surface area contributed by atoms with Gasteiger partial charge in [-0.05, 0) is 62.6 Å². The first kappa shape index (κ1) is 27.1. The van der Waals surface area contributed by atoms with Crippen LogP contribution in [0.25, 0.3) is 0 Å². The molecule has 0 N–H and O–H groups in total. The van der Waals surface area contributed by atoms with E-state index in [0.717, 1.165) is 11.1 Å². The van der Waals surface area contributed by atoms with Crippen LogP contribution in [0, 0.1) is 11.8 Å². The summed E-state index contributed by atoms with van der Waals surface area (Å²) in [5.41, 5.74) is 2.98. The van der Waals surface area contributed by atoms with E-state index in [1.165, 1.54) is 0 Å². The summed E-state index contributed by atoms with van der Waals surface area (Å²) in [7, 11) is 3.14. The number of nitrogens with zero attached hydrogens (tertiary/aromatic N) is 1. The average Bonchev–Trinajstić information content (AvgIpc) is 2.92. The van der Waals surface area contributed by atoms with Gasteiger partial charge in [0.05, 0.1) is 38.9 Å². The van der Waals surface area contributed by atoms with E-state index in [-0.39, 0.29) is 19.0 Å². The molecule has 1 fully saturated rings. The molecular formula is C30H33NO7. The third-order valence-electron chi connectivity index (χ3n) is 7.18. The maximum absolute atomic E-state index is 14.3. The van der Waals surface area contributed by atoms with Gasteiger partial charge in [-0.25, -0.2) is 4.79 Å². The number of fused-ring (bicyclic) bond motifs is 1. The molecular weight excluding hydrogens is 486 g/mol. The second kappa shape index (κ2) is 11.6. The fourth-order valence-corrected chi connectivity index (χ4v) is 5.51. The van der Waals surface area contributed by atoms with Crippen LogP contribution in [0.1, 0.15) is 50.2 Å². The molecule has 0 aromatic heterocycles. The molecule has 1 aliphatic heterocycles. The van der Waals surface area contributed by atoms with Crippen LogP contribution in [0.5, 0.6) is 11.5 Å². The van der Waals surface area contributed by atoms with Gasteiger partial charge in [0.25, 0.3) is 0 Å². The number of benzene rings is 2. The van der Waals surface area contributed by atoms with Gasteiger partial charge >= 0.3 is 11.9 Å². The molecule has 2 aliphatic rings. The molecule has 0 amide bonds. The van der Waals surface area contributed by atoms with Crippen molar-refractivity contribution in [1.29, 1.82) is 0 Å². The van der Waals surface area contributed by atoms with Crippen molar-refractivity contribution in [3.05, 3.63) is 70.9 Å². The summed E-state index contributed by atoms with van der Waals surface area (Å²) in [5.74, 6) is -3.18. The van der Waals surface area contributed by atoms with Gasteiger partial charge in [0, 0.05) is 23.2 Å². The van der Waals surface area contributed by atoms with E-state index >= 15 is 0 Å². The minimum Gasteiger partial charge on any atom is -0.497 e. The van der Waals surface area contributed by atoms with Crippen LogP contribution in [0.15, 0.2) is 64.8 Å². The molecule has 0 radical (unpaired) electrons. The summed E-state index contributed by atoms with van der Waals surface area (Å²) in [6.07, 6.45) is 0.354. The van der Waals surface area contributed by atoms with Gasteiger partial charge in [-0.15, -0.1) is 0 Å². The lowest BCUT2D eigenvalue weighted by Crippen LogP contribution is -2.48. The van der Waals surface area contributed by atoms with E-state index < -0.39 is 35.6 Å². The van der Waals surface area contributed by atoms with Crippen molar-refractivity contribution < 1.29 is 33.3 Å². The zero-order chi connectivity index (χ0) is 27.4. The molecule has 0 spiro atoms. The van der Waals surface area contributed by atoms with E-state index in [0.29, 0.717) is 34.9 Å². The minimum atomic E-state index is -1.06. The Hall–Kier alpha value is -3.94. The smallest absolute Gasteiger partial charge is 0.336 e. The highest BCUT2D eigenvalue weighted by Gasteiger charge is 2.53. The van der Waals surface area contributed by atoms with Crippen LogP contribution in [0.4, 0.5) is 0 Å². The van der Waals surface area contributed by atoms with Crippen LogP contribution in [-0.2, 0) is 23.9 Å². The lowest BCUT2D eigenvalue weighted by atomic mass is 9.62. The average molecular weight is 520 g/mol. The molecule has 1 aliphatic carbocycles. The Labute approximate surface area is 222 Å². The van der Waals surface area contributed by atoms with Gasteiger partial charge in [-0.1, -0.05) is 24.3 Å². The van der Waals surface area contributed by atoms with E-state index in [1.54, 1.807) is 47.1 Å². The summed E-state index contributed by atoms with van der Waals surface area (Å²) in [4.78, 5) is 45.6. The fourth-order valence-electron chi connectivity index (χ4n) is 5.51. The number of esters is 2. The number of rotatable bonds is 8. The first-order valence-corrected chi connectivity index (χ1v) is 12.8. The predicted molar refractivity (Wildman–Crippen MR) is 141 cm³/mol. The van der Waals surface area contributed by atoms with Crippen molar-refractivity contribution in [1.82, 2.24) is 0 Å². The molecule has 4 rings (SSSR count). The third kappa shape index (κ3) is 5.08. The third-order valence-corrected chi connectivity index (χ3v) is 7.18. The molecule has 0 bridgehead atoms. The highest BCUT2D eigenvalue weighted by molar-refractivity contribution is 6.17. The van der Waals surface area contributed by atoms with E-state index in [4.69, 9.17) is 23.9 Å². The molecule has 1 unspecified atom stereocenters. The Kier molecular flexibility index (Phi) is 8.29. The number of hydrogen-bond acceptors (Lipinski definition) is 8. The lowest BCUT2D eigenvalue weighted by molar-refractivity contribution is -0.153. The number of ether oxygens (including phenoxy) is 4. The summed E-state index contributed by atoms with van der Waals surface area (Å²) >= 11 is 0. The van der Waals surface area contributed by atoms with Crippen LogP contribution < -0.4 is 9.47 Å². The maximum Gasteiger partial charge on any atom is 0.336 e. The second-order valence-electron chi connectivity index (χ2n) is 9.27. The number of allylic oxidation sites excluding steroid dienone is 1. The topological polar surface area (TPSA) is 100 Å². The minimum absolute atomic E-state index is 0.147. The highest BCUT2D eigenvalue weighted by atomic mass is 16.5. The van der Waals surface area contributed by atoms with Gasteiger partial charge in [-0.2, -0.15) is 0 Å². The van der Waals surface area contributed by atoms with Gasteiger partial charge in [-0.3, -0.25) is 14.6 Å². The SMILES string of the molecule is CCOC(=O)C1=C(C)N=C2C[C@H](c3cccc(OC)c3)[C@H](C(=O)OCC)C(=O)C2[C@@H]1c1ccc(OC)cc1. The summed E-state index contributed by atoms with van der Waals surface area (Å²) in [5, 5.41) is 0. The summed E-state index contributed by atoms with van der Waals surface area (Å²) in [6, 6.07) is 14.6. The first-order chi connectivity index (χ1) is 18.3. The molecule has 8 heteroatoms. The lowest BCUT2D eigenvalue weighted by Gasteiger charge is -2.41. The Balaban J connectivity index is 1.88. The van der Waals surface area contributed by atoms with Crippen LogP contribution >= 0.6 is 0 Å². The largest absolute Gasteiger partial charge is 0.497 e. The molecule has 1 saturated carbocycles. The highest BCUT2D eigenvalue weighted by Crippen LogP contribution is 2.48. The van der Waals surface area contributed by atoms with Crippen molar-refractivity contribution in [2.75, 3.05) is 27.4 Å². The zero-order valence-corrected chi connectivity index (χ0v) is 22.4. The molecule has 4 atom stereocenters. The zero-order valence-electron chi connectivity index (χ0n) is 22.4. The first-order valence-electron chi connectivity index (χ1n) is 12.8. The molecule has 2 aromatic carbocycles. The standard InChI is InChI=1S/C30H33NO7/c1-6-37-29(33)24-17(3)31-23-16-22(19-9-8-10-21(15-19)36-5)26(30(34)38-7-2)28(32)27(23)25(24)18-11-13-20(35-4)14-12-18/h8-15,22,25-27H,6-7,16H2,1-5H3/t22-,25-,26+,27?/m1/s1. The van der Waals surface area contributed by atoms with Crippen LogP contribution in [0.2, 0.25) is 0 Å². The Morgan fingerprint density at radius 1 is 0.895 bits per heavy atom. The summed E-state index contributed by atoms with van der Waals surface area (Å²) in [6.45, 7) is 5.53. The Morgan fingerprint density at radius 2 is 1.58 bits per heavy atom. The molecule has 38 heavy (non-hydrogen) atoms. The number of Topliss-reactive ketones (excluding diaryl/α,β-unsaturated/α-hetero) is 1. The molecule has 200 valence electrons. The van der Waals surface area contributed by atoms with Crippen molar-refractivity contribution >= 4 is 23.4 Å². The fraction of sp³-hybridized carbons (Fsp3) is 0.400. The van der Waals surface area contributed by atoms with Gasteiger partial charge in [0.15, 0.2) is 5.78 Å². The van der Waals surface area contributed by atoms with Crippen LogP contribution in [-0.4, -0.2) is 50.9 Å². The normalized spacial score (nSPS) is 22.8. The van der Waals surface area contributed by atoms with E-state index in [1.807, 2.05) is 36.4 Å². The van der Waals surface area contributed by atoms with Gasteiger partial charge < -0.3 is 18.9 Å². The molecule has 0 saturated heterocycles. The number of methoxy groups -OCH3 is 2. The second-order valence-corrected chi connectivity index (χ2v) is 9.27. The number of hydrogen-bond donors (Lipinski definition) is 0. The summed E-state index contributed by atoms with van der Waals surface area (Å²) < 4.78 is 21.5. The quantitative estimate of drug-likeness (QED) is 0.370. The van der Waals surface area contributed by atoms with Crippen molar-refractivity contribution in [3.8, 4) is 11.5 Å². The predicted octanol–water partition coefficient (Wildman–Crippen LogP) is 4.63. The maximum atomic E-state index is 14.3. The van der Waals surface area contributed by atoms with Gasteiger partial charge in [0.2, 0.25) is 0 Å². The number of aliphatic imine (C=N–C) groups is 1. The van der Waals surface area contributed by atoms with E-state index in [2.05, 4.69) is 0 Å². The number of carbonyl (C=O) groups excluding carboxylic acids is 3. The molecule has 1 heterocycles. The van der Waals surface area contributed by atoms with Crippen molar-refractivity contribution in [3.63, 3.8) is 0 Å². The number of carbonyl (C=O) groups is 3. The molecule has 2 aromatic rings. The Morgan fingerprint density at radius 3 is 2.21 bits per heavy atom. The Bertz CT molecular complexity index is 1280. The number of ketones is 1. The van der Waals surface area contributed by atoms with Crippen LogP contribution in [0.3, 0.4) is 0 Å².